The smallest absolute Gasteiger partial charge is 0.276 e. The molecule has 0 radical (unpaired) electrons. The molecular weight excluding hydrogens is 344 g/mol. The number of carbonyl (C=O) groups is 2. The Labute approximate surface area is 158 Å². The van der Waals surface area contributed by atoms with E-state index >= 15 is 0 Å². The fourth-order valence-corrected chi connectivity index (χ4v) is 3.70. The third-order valence-corrected chi connectivity index (χ3v) is 5.32. The number of piperazine rings is 1. The molecule has 3 heterocycles. The highest BCUT2D eigenvalue weighted by Gasteiger charge is 2.39. The summed E-state index contributed by atoms with van der Waals surface area (Å²) in [5.74, 6) is 0.491. The first-order valence-electron chi connectivity index (χ1n) is 9.34. The van der Waals surface area contributed by atoms with E-state index in [0.717, 1.165) is 26.2 Å². The summed E-state index contributed by atoms with van der Waals surface area (Å²) in [5.41, 5.74) is 2.77. The van der Waals surface area contributed by atoms with Crippen LogP contribution in [0.5, 0.6) is 0 Å². The summed E-state index contributed by atoms with van der Waals surface area (Å²) in [6.07, 6.45) is 0. The Balaban J connectivity index is 1.27. The number of anilines is 1. The van der Waals surface area contributed by atoms with E-state index in [9.17, 15) is 9.59 Å². The fraction of sp³-hybridized carbons (Fsp3) is 0.450. The van der Waals surface area contributed by atoms with Crippen LogP contribution in [0.3, 0.4) is 0 Å². The molecule has 2 amide bonds. The largest absolute Gasteiger partial charge is 0.368 e. The highest BCUT2D eigenvalue weighted by Crippen LogP contribution is 2.23. The molecule has 7 heteroatoms. The zero-order chi connectivity index (χ0) is 19.0. The summed E-state index contributed by atoms with van der Waals surface area (Å²) in [5, 5.41) is 3.75. The van der Waals surface area contributed by atoms with E-state index in [-0.39, 0.29) is 17.7 Å². The number of rotatable bonds is 3. The van der Waals surface area contributed by atoms with Gasteiger partial charge in [0.1, 0.15) is 5.76 Å². The van der Waals surface area contributed by atoms with Crippen LogP contribution in [0.4, 0.5) is 5.69 Å². The van der Waals surface area contributed by atoms with E-state index in [1.807, 2.05) is 4.90 Å². The van der Waals surface area contributed by atoms with E-state index in [2.05, 4.69) is 41.2 Å². The molecule has 2 aromatic rings. The molecule has 2 aliphatic rings. The van der Waals surface area contributed by atoms with Crippen LogP contribution in [0, 0.1) is 19.8 Å². The molecule has 0 unspecified atom stereocenters. The third kappa shape index (κ3) is 3.54. The van der Waals surface area contributed by atoms with Crippen molar-refractivity contribution in [3.63, 3.8) is 0 Å². The van der Waals surface area contributed by atoms with Crippen molar-refractivity contribution in [2.24, 2.45) is 5.92 Å². The van der Waals surface area contributed by atoms with Crippen LogP contribution in [-0.2, 0) is 4.79 Å². The molecule has 1 aromatic carbocycles. The van der Waals surface area contributed by atoms with Gasteiger partial charge < -0.3 is 19.2 Å². The zero-order valence-electron chi connectivity index (χ0n) is 15.7. The van der Waals surface area contributed by atoms with Crippen molar-refractivity contribution in [1.29, 1.82) is 0 Å². The molecule has 2 aliphatic heterocycles. The van der Waals surface area contributed by atoms with Gasteiger partial charge in [0.15, 0.2) is 5.69 Å². The highest BCUT2D eigenvalue weighted by atomic mass is 16.5. The Hall–Kier alpha value is -2.83. The quantitative estimate of drug-likeness (QED) is 0.825. The van der Waals surface area contributed by atoms with Crippen LogP contribution in [-0.4, -0.2) is 66.0 Å². The van der Waals surface area contributed by atoms with Crippen molar-refractivity contribution >= 4 is 17.5 Å². The number of amides is 2. The molecule has 142 valence electrons. The predicted octanol–water partition coefficient (Wildman–Crippen LogP) is 1.71. The van der Waals surface area contributed by atoms with E-state index in [1.165, 1.54) is 11.3 Å². The molecule has 0 bridgehead atoms. The van der Waals surface area contributed by atoms with Crippen LogP contribution in [0.15, 0.2) is 34.9 Å². The van der Waals surface area contributed by atoms with Gasteiger partial charge in [-0.25, -0.2) is 0 Å². The van der Waals surface area contributed by atoms with Gasteiger partial charge in [-0.1, -0.05) is 17.3 Å². The van der Waals surface area contributed by atoms with Crippen molar-refractivity contribution < 1.29 is 14.1 Å². The second-order valence-corrected chi connectivity index (χ2v) is 7.38. The number of hydrogen-bond donors (Lipinski definition) is 0. The number of aryl methyl sites for hydroxylation is 2. The van der Waals surface area contributed by atoms with E-state index in [0.29, 0.717) is 24.5 Å². The Kier molecular flexibility index (Phi) is 4.59. The van der Waals surface area contributed by atoms with Crippen molar-refractivity contribution in [3.8, 4) is 0 Å². The Bertz CT molecular complexity index is 848. The number of likely N-dealkylation sites (tertiary alicyclic amines) is 1. The van der Waals surface area contributed by atoms with Crippen LogP contribution < -0.4 is 4.90 Å². The number of benzene rings is 1. The minimum Gasteiger partial charge on any atom is -0.368 e. The van der Waals surface area contributed by atoms with E-state index in [4.69, 9.17) is 4.52 Å². The number of aromatic nitrogens is 1. The Morgan fingerprint density at radius 3 is 2.41 bits per heavy atom. The molecule has 27 heavy (non-hydrogen) atoms. The van der Waals surface area contributed by atoms with Gasteiger partial charge in [0.2, 0.25) is 5.91 Å². The Morgan fingerprint density at radius 2 is 1.78 bits per heavy atom. The van der Waals surface area contributed by atoms with Gasteiger partial charge in [-0.2, -0.15) is 0 Å². The van der Waals surface area contributed by atoms with Gasteiger partial charge in [0.25, 0.3) is 5.91 Å². The molecule has 7 nitrogen and oxygen atoms in total. The van der Waals surface area contributed by atoms with Crippen LogP contribution in [0.25, 0.3) is 0 Å². The second kappa shape index (κ2) is 7.06. The van der Waals surface area contributed by atoms with Crippen molar-refractivity contribution in [3.05, 3.63) is 47.3 Å². The summed E-state index contributed by atoms with van der Waals surface area (Å²) >= 11 is 0. The maximum Gasteiger partial charge on any atom is 0.276 e. The number of carbonyl (C=O) groups excluding carboxylic acids is 2. The first kappa shape index (κ1) is 17.6. The molecule has 0 N–H and O–H groups in total. The first-order valence-corrected chi connectivity index (χ1v) is 9.34. The number of nitrogens with zero attached hydrogens (tertiary/aromatic N) is 4. The van der Waals surface area contributed by atoms with Gasteiger partial charge in [0.05, 0.1) is 5.92 Å². The van der Waals surface area contributed by atoms with Crippen molar-refractivity contribution in [1.82, 2.24) is 15.0 Å². The van der Waals surface area contributed by atoms with E-state index < -0.39 is 0 Å². The molecule has 4 rings (SSSR count). The lowest BCUT2D eigenvalue weighted by Gasteiger charge is -2.43. The number of hydrogen-bond acceptors (Lipinski definition) is 5. The lowest BCUT2D eigenvalue weighted by Crippen LogP contribution is -2.59. The maximum absolute atomic E-state index is 12.7. The van der Waals surface area contributed by atoms with Crippen molar-refractivity contribution in [2.45, 2.75) is 13.8 Å². The van der Waals surface area contributed by atoms with Gasteiger partial charge in [-0.3, -0.25) is 9.59 Å². The predicted molar refractivity (Wildman–Crippen MR) is 101 cm³/mol. The summed E-state index contributed by atoms with van der Waals surface area (Å²) in [6.45, 7) is 7.88. The lowest BCUT2D eigenvalue weighted by atomic mass is 9.97. The molecule has 0 atom stereocenters. The summed E-state index contributed by atoms with van der Waals surface area (Å²) < 4.78 is 4.95. The molecule has 0 saturated carbocycles. The summed E-state index contributed by atoms with van der Waals surface area (Å²) in [7, 11) is 0. The normalized spacial score (nSPS) is 17.8. The molecule has 2 saturated heterocycles. The summed E-state index contributed by atoms with van der Waals surface area (Å²) in [4.78, 5) is 30.9. The molecular formula is C20H24N4O3. The molecule has 2 fully saturated rings. The average Bonchev–Trinajstić information content (AvgIpc) is 3.07. The van der Waals surface area contributed by atoms with Gasteiger partial charge in [0, 0.05) is 51.0 Å². The average molecular weight is 368 g/mol. The van der Waals surface area contributed by atoms with Crippen LogP contribution in [0.2, 0.25) is 0 Å². The zero-order valence-corrected chi connectivity index (χ0v) is 15.7. The molecule has 0 aliphatic carbocycles. The van der Waals surface area contributed by atoms with Gasteiger partial charge >= 0.3 is 0 Å². The minimum atomic E-state index is -0.167. The van der Waals surface area contributed by atoms with Gasteiger partial charge in [-0.05, 0) is 31.5 Å². The van der Waals surface area contributed by atoms with E-state index in [1.54, 1.807) is 17.9 Å². The molecule has 0 spiro atoms. The standard InChI is InChI=1S/C20H24N4O3/c1-14-4-3-5-17(10-14)22-6-8-23(9-7-22)19(25)16-12-24(13-16)20(26)18-11-15(2)27-21-18/h3-5,10-11,16H,6-9,12-13H2,1-2H3. The van der Waals surface area contributed by atoms with Crippen molar-refractivity contribution in [2.75, 3.05) is 44.2 Å². The third-order valence-electron chi connectivity index (χ3n) is 5.32. The molecule has 1 aromatic heterocycles. The van der Waals surface area contributed by atoms with Gasteiger partial charge in [-0.15, -0.1) is 0 Å². The Morgan fingerprint density at radius 1 is 1.04 bits per heavy atom. The first-order chi connectivity index (χ1) is 13.0. The minimum absolute atomic E-state index is 0.104. The summed E-state index contributed by atoms with van der Waals surface area (Å²) in [6, 6.07) is 10.1. The van der Waals surface area contributed by atoms with Crippen LogP contribution >= 0.6 is 0 Å². The second-order valence-electron chi connectivity index (χ2n) is 7.38. The highest BCUT2D eigenvalue weighted by molar-refractivity contribution is 5.94. The monoisotopic (exact) mass is 368 g/mol. The van der Waals surface area contributed by atoms with Crippen LogP contribution in [0.1, 0.15) is 21.8 Å². The topological polar surface area (TPSA) is 69.9 Å². The lowest BCUT2D eigenvalue weighted by molar-refractivity contribution is -0.140. The SMILES string of the molecule is Cc1cccc(N2CCN(C(=O)C3CN(C(=O)c4cc(C)on4)C3)CC2)c1. The fourth-order valence-electron chi connectivity index (χ4n) is 3.70. The maximum atomic E-state index is 12.7.